The van der Waals surface area contributed by atoms with Crippen LogP contribution in [-0.2, 0) is 13.0 Å². The highest BCUT2D eigenvalue weighted by molar-refractivity contribution is 7.09. The Balaban J connectivity index is 1.78. The zero-order valence-electron chi connectivity index (χ0n) is 10.5. The van der Waals surface area contributed by atoms with Gasteiger partial charge in [-0.15, -0.1) is 11.3 Å². The quantitative estimate of drug-likeness (QED) is 0.792. The molecule has 0 aliphatic carbocycles. The maximum atomic E-state index is 3.51. The van der Waals surface area contributed by atoms with Crippen molar-refractivity contribution in [3.63, 3.8) is 0 Å². The molecule has 0 aliphatic heterocycles. The molecule has 90 valence electrons. The monoisotopic (exact) mass is 245 g/mol. The summed E-state index contributed by atoms with van der Waals surface area (Å²) in [7, 11) is 0. The number of benzene rings is 1. The standard InChI is InChI=1S/C15H19NS/c1-12-5-6-14(13(2)10-12)11-16-8-7-15-4-3-9-17-15/h3-6,9-10,16H,7-8,11H2,1-2H3. The predicted molar refractivity (Wildman–Crippen MR) is 75.6 cm³/mol. The van der Waals surface area contributed by atoms with Gasteiger partial charge in [-0.25, -0.2) is 0 Å². The predicted octanol–water partition coefficient (Wildman–Crippen LogP) is 3.70. The molecule has 0 amide bonds. The summed E-state index contributed by atoms with van der Waals surface area (Å²) in [5.74, 6) is 0. The Labute approximate surface area is 108 Å². The Morgan fingerprint density at radius 3 is 2.76 bits per heavy atom. The largest absolute Gasteiger partial charge is 0.312 e. The summed E-state index contributed by atoms with van der Waals surface area (Å²) in [6, 6.07) is 11.0. The van der Waals surface area contributed by atoms with Crippen LogP contribution in [0, 0.1) is 13.8 Å². The Morgan fingerprint density at radius 2 is 2.06 bits per heavy atom. The van der Waals surface area contributed by atoms with E-state index >= 15 is 0 Å². The first-order valence-electron chi connectivity index (χ1n) is 6.05. The lowest BCUT2D eigenvalue weighted by molar-refractivity contribution is 0.688. The van der Waals surface area contributed by atoms with Crippen molar-refractivity contribution in [3.05, 3.63) is 57.3 Å². The highest BCUT2D eigenvalue weighted by Gasteiger charge is 1.98. The van der Waals surface area contributed by atoms with Gasteiger partial charge in [0.05, 0.1) is 0 Å². The van der Waals surface area contributed by atoms with Crippen molar-refractivity contribution in [1.82, 2.24) is 5.32 Å². The van der Waals surface area contributed by atoms with E-state index in [1.54, 1.807) is 0 Å². The molecule has 0 spiro atoms. The summed E-state index contributed by atoms with van der Waals surface area (Å²) in [6.07, 6.45) is 1.13. The van der Waals surface area contributed by atoms with E-state index < -0.39 is 0 Å². The third kappa shape index (κ3) is 3.69. The van der Waals surface area contributed by atoms with Crippen LogP contribution in [0.3, 0.4) is 0 Å². The van der Waals surface area contributed by atoms with Gasteiger partial charge < -0.3 is 5.32 Å². The van der Waals surface area contributed by atoms with E-state index in [4.69, 9.17) is 0 Å². The minimum atomic E-state index is 0.970. The minimum absolute atomic E-state index is 0.970. The van der Waals surface area contributed by atoms with Gasteiger partial charge in [-0.05, 0) is 42.8 Å². The molecule has 2 aromatic rings. The number of rotatable bonds is 5. The van der Waals surface area contributed by atoms with E-state index in [0.717, 1.165) is 19.5 Å². The van der Waals surface area contributed by atoms with E-state index in [1.165, 1.54) is 21.6 Å². The molecule has 1 N–H and O–H groups in total. The smallest absolute Gasteiger partial charge is 0.0208 e. The second-order valence-electron chi connectivity index (χ2n) is 4.44. The molecule has 0 saturated carbocycles. The lowest BCUT2D eigenvalue weighted by Crippen LogP contribution is -2.16. The van der Waals surface area contributed by atoms with Gasteiger partial charge in [-0.3, -0.25) is 0 Å². The van der Waals surface area contributed by atoms with E-state index in [1.807, 2.05) is 11.3 Å². The Hall–Kier alpha value is -1.12. The second-order valence-corrected chi connectivity index (χ2v) is 5.47. The molecular formula is C15H19NS. The molecule has 0 saturated heterocycles. The van der Waals surface area contributed by atoms with Crippen LogP contribution < -0.4 is 5.32 Å². The van der Waals surface area contributed by atoms with Crippen molar-refractivity contribution in [3.8, 4) is 0 Å². The third-order valence-electron chi connectivity index (χ3n) is 2.94. The van der Waals surface area contributed by atoms with Crippen molar-refractivity contribution in [2.75, 3.05) is 6.54 Å². The summed E-state index contributed by atoms with van der Waals surface area (Å²) in [4.78, 5) is 1.46. The van der Waals surface area contributed by atoms with Gasteiger partial charge in [0.2, 0.25) is 0 Å². The van der Waals surface area contributed by atoms with Gasteiger partial charge >= 0.3 is 0 Å². The summed E-state index contributed by atoms with van der Waals surface area (Å²) in [5, 5.41) is 5.65. The van der Waals surface area contributed by atoms with Gasteiger partial charge in [0, 0.05) is 18.0 Å². The SMILES string of the molecule is Cc1ccc(CNCCc2cccs2)c(C)c1. The van der Waals surface area contributed by atoms with Crippen LogP contribution in [0.25, 0.3) is 0 Å². The zero-order chi connectivity index (χ0) is 12.1. The Morgan fingerprint density at radius 1 is 1.18 bits per heavy atom. The normalized spacial score (nSPS) is 10.7. The molecule has 0 bridgehead atoms. The molecule has 0 radical (unpaired) electrons. The van der Waals surface area contributed by atoms with Crippen LogP contribution in [0.15, 0.2) is 35.7 Å². The van der Waals surface area contributed by atoms with E-state index in [9.17, 15) is 0 Å². The molecule has 1 heterocycles. The van der Waals surface area contributed by atoms with Crippen molar-refractivity contribution in [1.29, 1.82) is 0 Å². The van der Waals surface area contributed by atoms with Crippen LogP contribution in [0.1, 0.15) is 21.6 Å². The summed E-state index contributed by atoms with van der Waals surface area (Å²) in [5.41, 5.74) is 4.13. The van der Waals surface area contributed by atoms with Crippen molar-refractivity contribution < 1.29 is 0 Å². The molecule has 1 nitrogen and oxygen atoms in total. The first kappa shape index (κ1) is 12.3. The average Bonchev–Trinajstić information content (AvgIpc) is 2.79. The molecule has 1 aromatic carbocycles. The Bertz CT molecular complexity index is 460. The first-order chi connectivity index (χ1) is 8.25. The van der Waals surface area contributed by atoms with Crippen molar-refractivity contribution in [2.24, 2.45) is 0 Å². The summed E-state index contributed by atoms with van der Waals surface area (Å²) >= 11 is 1.83. The van der Waals surface area contributed by atoms with E-state index in [2.05, 4.69) is 54.9 Å². The molecule has 0 atom stereocenters. The fourth-order valence-corrected chi connectivity index (χ4v) is 2.64. The van der Waals surface area contributed by atoms with Gasteiger partial charge in [0.1, 0.15) is 0 Å². The fraction of sp³-hybridized carbons (Fsp3) is 0.333. The van der Waals surface area contributed by atoms with E-state index in [-0.39, 0.29) is 0 Å². The highest BCUT2D eigenvalue weighted by atomic mass is 32.1. The molecule has 2 rings (SSSR count). The zero-order valence-corrected chi connectivity index (χ0v) is 11.3. The molecule has 2 heteroatoms. The highest BCUT2D eigenvalue weighted by Crippen LogP contribution is 2.11. The summed E-state index contributed by atoms with van der Waals surface area (Å²) in [6.45, 7) is 6.34. The fourth-order valence-electron chi connectivity index (χ4n) is 1.93. The number of hydrogen-bond acceptors (Lipinski definition) is 2. The van der Waals surface area contributed by atoms with Gasteiger partial charge in [-0.1, -0.05) is 29.8 Å². The maximum absolute atomic E-state index is 3.51. The number of aryl methyl sites for hydroxylation is 2. The van der Waals surface area contributed by atoms with Crippen LogP contribution in [0.2, 0.25) is 0 Å². The first-order valence-corrected chi connectivity index (χ1v) is 6.93. The molecule has 0 unspecified atom stereocenters. The van der Waals surface area contributed by atoms with Crippen molar-refractivity contribution >= 4 is 11.3 Å². The van der Waals surface area contributed by atoms with Crippen LogP contribution >= 0.6 is 11.3 Å². The molecule has 17 heavy (non-hydrogen) atoms. The number of hydrogen-bond donors (Lipinski definition) is 1. The lowest BCUT2D eigenvalue weighted by Gasteiger charge is -2.08. The topological polar surface area (TPSA) is 12.0 Å². The molecule has 0 aliphatic rings. The van der Waals surface area contributed by atoms with Gasteiger partial charge in [0.15, 0.2) is 0 Å². The molecule has 0 fully saturated rings. The number of nitrogens with one attached hydrogen (secondary N) is 1. The van der Waals surface area contributed by atoms with Crippen LogP contribution in [-0.4, -0.2) is 6.54 Å². The number of thiophene rings is 1. The third-order valence-corrected chi connectivity index (χ3v) is 3.88. The summed E-state index contributed by atoms with van der Waals surface area (Å²) < 4.78 is 0. The second kappa shape index (κ2) is 5.99. The van der Waals surface area contributed by atoms with Crippen molar-refractivity contribution in [2.45, 2.75) is 26.8 Å². The average molecular weight is 245 g/mol. The van der Waals surface area contributed by atoms with Crippen LogP contribution in [0.4, 0.5) is 0 Å². The molecular weight excluding hydrogens is 226 g/mol. The minimum Gasteiger partial charge on any atom is -0.312 e. The maximum Gasteiger partial charge on any atom is 0.0208 e. The van der Waals surface area contributed by atoms with Gasteiger partial charge in [0.25, 0.3) is 0 Å². The van der Waals surface area contributed by atoms with Crippen LogP contribution in [0.5, 0.6) is 0 Å². The van der Waals surface area contributed by atoms with E-state index in [0.29, 0.717) is 0 Å². The van der Waals surface area contributed by atoms with Gasteiger partial charge in [-0.2, -0.15) is 0 Å². The Kier molecular flexibility index (Phi) is 4.35. The lowest BCUT2D eigenvalue weighted by atomic mass is 10.1. The molecule has 1 aromatic heterocycles.